The molecule has 0 radical (unpaired) electrons. The normalized spacial score (nSPS) is 10.2. The predicted molar refractivity (Wildman–Crippen MR) is 137 cm³/mol. The van der Waals surface area contributed by atoms with Crippen LogP contribution in [0.2, 0.25) is 0 Å². The summed E-state index contributed by atoms with van der Waals surface area (Å²) in [5.74, 6) is 0. The van der Waals surface area contributed by atoms with Gasteiger partial charge >= 0.3 is 0 Å². The monoisotopic (exact) mass is 506 g/mol. The van der Waals surface area contributed by atoms with E-state index in [4.69, 9.17) is 5.11 Å². The van der Waals surface area contributed by atoms with Gasteiger partial charge in [0.15, 0.2) is 0 Å². The first kappa shape index (κ1) is 22.3. The summed E-state index contributed by atoms with van der Waals surface area (Å²) in [6.07, 6.45) is 1.88. The summed E-state index contributed by atoms with van der Waals surface area (Å²) >= 11 is 2.42. The van der Waals surface area contributed by atoms with Crippen LogP contribution in [0, 0.1) is 0 Å². The molecule has 0 saturated heterocycles. The van der Waals surface area contributed by atoms with Gasteiger partial charge in [-0.1, -0.05) is 132 Å². The average Bonchev–Trinajstić information content (AvgIpc) is 2.82. The number of aliphatic hydroxyl groups is 1. The van der Waals surface area contributed by atoms with E-state index in [1.807, 2.05) is 30.3 Å². The Balaban J connectivity index is 0.000000171. The molecule has 0 bridgehead atoms. The van der Waals surface area contributed by atoms with Crippen molar-refractivity contribution in [1.29, 1.82) is 0 Å². The third kappa shape index (κ3) is 6.82. The van der Waals surface area contributed by atoms with Crippen molar-refractivity contribution in [3.63, 3.8) is 0 Å². The van der Waals surface area contributed by atoms with Gasteiger partial charge < -0.3 is 5.11 Å². The number of aliphatic hydroxyl groups excluding tert-OH is 1. The van der Waals surface area contributed by atoms with E-state index in [2.05, 4.69) is 101 Å². The smallest absolute Gasteiger partial charge is 0.0471 e. The van der Waals surface area contributed by atoms with Crippen molar-refractivity contribution < 1.29 is 5.11 Å². The fourth-order valence-electron chi connectivity index (χ4n) is 3.31. The first-order valence-electron chi connectivity index (χ1n) is 10.3. The predicted octanol–water partition coefficient (Wildman–Crippen LogP) is 7.22. The summed E-state index contributed by atoms with van der Waals surface area (Å²) in [7, 11) is 0. The molecule has 0 aliphatic rings. The fourth-order valence-corrected chi connectivity index (χ4v) is 3.94. The Labute approximate surface area is 193 Å². The number of rotatable bonds is 6. The van der Waals surface area contributed by atoms with Crippen LogP contribution in [0.3, 0.4) is 0 Å². The largest absolute Gasteiger partial charge is 0.396 e. The molecular formula is C28H27IO. The third-order valence-corrected chi connectivity index (χ3v) is 5.39. The highest BCUT2D eigenvalue weighted by atomic mass is 127. The number of hydrogen-bond donors (Lipinski definition) is 1. The lowest BCUT2D eigenvalue weighted by molar-refractivity contribution is 0.299. The second kappa shape index (κ2) is 12.3. The molecule has 30 heavy (non-hydrogen) atoms. The first-order valence-corrected chi connectivity index (χ1v) is 11.8. The maximum atomic E-state index is 8.88. The zero-order valence-corrected chi connectivity index (χ0v) is 19.2. The molecule has 0 aromatic heterocycles. The second-order valence-electron chi connectivity index (χ2n) is 7.05. The molecule has 0 unspecified atom stereocenters. The van der Waals surface area contributed by atoms with Crippen LogP contribution in [0.1, 0.15) is 11.1 Å². The molecule has 0 spiro atoms. The van der Waals surface area contributed by atoms with Gasteiger partial charge in [0, 0.05) is 11.0 Å². The second-order valence-corrected chi connectivity index (χ2v) is 8.12. The van der Waals surface area contributed by atoms with Gasteiger partial charge in [-0.05, 0) is 46.2 Å². The van der Waals surface area contributed by atoms with Crippen molar-refractivity contribution in [2.45, 2.75) is 12.8 Å². The van der Waals surface area contributed by atoms with Gasteiger partial charge in [0.05, 0.1) is 0 Å². The van der Waals surface area contributed by atoms with Crippen LogP contribution in [-0.4, -0.2) is 16.1 Å². The van der Waals surface area contributed by atoms with Gasteiger partial charge in [-0.15, -0.1) is 0 Å². The number of aryl methyl sites for hydroxylation is 1. The summed E-state index contributed by atoms with van der Waals surface area (Å²) in [6.45, 7) is 0.207. The van der Waals surface area contributed by atoms with Gasteiger partial charge in [0.2, 0.25) is 0 Å². The zero-order valence-electron chi connectivity index (χ0n) is 17.0. The molecule has 0 heterocycles. The maximum Gasteiger partial charge on any atom is 0.0471 e. The van der Waals surface area contributed by atoms with Crippen molar-refractivity contribution in [2.75, 3.05) is 11.0 Å². The van der Waals surface area contributed by atoms with E-state index in [9.17, 15) is 0 Å². The van der Waals surface area contributed by atoms with Crippen LogP contribution in [-0.2, 0) is 12.8 Å². The SMILES string of the molecule is ICCc1cccc(-c2ccccc2)c1.OCCc1cccc(-c2ccccc2)c1. The summed E-state index contributed by atoms with van der Waals surface area (Å²) in [6, 6.07) is 37.9. The Morgan fingerprint density at radius 3 is 1.37 bits per heavy atom. The molecule has 0 aliphatic heterocycles. The number of benzene rings is 4. The average molecular weight is 506 g/mol. The molecule has 4 aromatic carbocycles. The van der Waals surface area contributed by atoms with E-state index >= 15 is 0 Å². The van der Waals surface area contributed by atoms with Gasteiger partial charge in [-0.25, -0.2) is 0 Å². The van der Waals surface area contributed by atoms with Gasteiger partial charge in [0.1, 0.15) is 0 Å². The summed E-state index contributed by atoms with van der Waals surface area (Å²) in [5, 5.41) is 8.88. The lowest BCUT2D eigenvalue weighted by Gasteiger charge is -2.04. The van der Waals surface area contributed by atoms with E-state index in [-0.39, 0.29) is 6.61 Å². The summed E-state index contributed by atoms with van der Waals surface area (Å²) in [4.78, 5) is 0. The van der Waals surface area contributed by atoms with Crippen LogP contribution >= 0.6 is 22.6 Å². The van der Waals surface area contributed by atoms with E-state index in [0.717, 1.165) is 12.8 Å². The van der Waals surface area contributed by atoms with Crippen molar-refractivity contribution >= 4 is 22.6 Å². The first-order chi connectivity index (χ1) is 14.8. The standard InChI is InChI=1S/C14H13I.C14H14O/c2*15-10-9-12-5-4-8-14(11-12)13-6-2-1-3-7-13/h1-8,11H,9-10H2;1-8,11,15H,9-10H2. The van der Waals surface area contributed by atoms with Gasteiger partial charge in [0.25, 0.3) is 0 Å². The molecule has 152 valence electrons. The Hall–Kier alpha value is -2.43. The summed E-state index contributed by atoms with van der Waals surface area (Å²) in [5.41, 5.74) is 7.65. The fraction of sp³-hybridized carbons (Fsp3) is 0.143. The van der Waals surface area contributed by atoms with Crippen LogP contribution in [0.5, 0.6) is 0 Å². The minimum Gasteiger partial charge on any atom is -0.396 e. The Morgan fingerprint density at radius 1 is 0.500 bits per heavy atom. The lowest BCUT2D eigenvalue weighted by atomic mass is 10.0. The molecule has 0 saturated carbocycles. The molecule has 1 N–H and O–H groups in total. The van der Waals surface area contributed by atoms with E-state index < -0.39 is 0 Å². The van der Waals surface area contributed by atoms with Crippen LogP contribution < -0.4 is 0 Å². The number of alkyl halides is 1. The zero-order chi connectivity index (χ0) is 21.0. The molecule has 1 nitrogen and oxygen atoms in total. The maximum absolute atomic E-state index is 8.88. The van der Waals surface area contributed by atoms with E-state index in [0.29, 0.717) is 0 Å². The van der Waals surface area contributed by atoms with Crippen LogP contribution in [0.15, 0.2) is 109 Å². The van der Waals surface area contributed by atoms with E-state index in [1.54, 1.807) is 0 Å². The molecule has 0 amide bonds. The highest BCUT2D eigenvalue weighted by molar-refractivity contribution is 14.1. The molecule has 4 aromatic rings. The molecular weight excluding hydrogens is 479 g/mol. The molecule has 2 heteroatoms. The topological polar surface area (TPSA) is 20.2 Å². The van der Waals surface area contributed by atoms with Crippen molar-refractivity contribution in [3.8, 4) is 22.3 Å². The molecule has 0 fully saturated rings. The van der Waals surface area contributed by atoms with Crippen molar-refractivity contribution in [2.24, 2.45) is 0 Å². The minimum atomic E-state index is 0.207. The van der Waals surface area contributed by atoms with Crippen molar-refractivity contribution in [1.82, 2.24) is 0 Å². The summed E-state index contributed by atoms with van der Waals surface area (Å²) < 4.78 is 1.18. The molecule has 0 aliphatic carbocycles. The quantitative estimate of drug-likeness (QED) is 0.216. The minimum absolute atomic E-state index is 0.207. The van der Waals surface area contributed by atoms with E-state index in [1.165, 1.54) is 37.8 Å². The number of hydrogen-bond acceptors (Lipinski definition) is 1. The third-order valence-electron chi connectivity index (χ3n) is 4.85. The highest BCUT2D eigenvalue weighted by Gasteiger charge is 1.98. The molecule has 0 atom stereocenters. The lowest BCUT2D eigenvalue weighted by Crippen LogP contribution is -1.90. The Morgan fingerprint density at radius 2 is 0.933 bits per heavy atom. The Bertz CT molecular complexity index is 928. The van der Waals surface area contributed by atoms with Gasteiger partial charge in [-0.2, -0.15) is 0 Å². The molecule has 4 rings (SSSR count). The van der Waals surface area contributed by atoms with Crippen LogP contribution in [0.25, 0.3) is 22.3 Å². The van der Waals surface area contributed by atoms with Crippen LogP contribution in [0.4, 0.5) is 0 Å². The number of halogens is 1. The van der Waals surface area contributed by atoms with Gasteiger partial charge in [-0.3, -0.25) is 0 Å². The van der Waals surface area contributed by atoms with Crippen molar-refractivity contribution in [3.05, 3.63) is 120 Å². The highest BCUT2D eigenvalue weighted by Crippen LogP contribution is 2.21. The Kier molecular flexibility index (Phi) is 9.13.